The first-order valence-electron chi connectivity index (χ1n) is 6.58. The molecule has 0 bridgehead atoms. The fourth-order valence-corrected chi connectivity index (χ4v) is 3.34. The second-order valence-electron chi connectivity index (χ2n) is 4.97. The summed E-state index contributed by atoms with van der Waals surface area (Å²) in [6, 6.07) is 0. The number of carbonyl (C=O) groups excluding carboxylic acids is 1. The fourth-order valence-electron chi connectivity index (χ4n) is 2.44. The summed E-state index contributed by atoms with van der Waals surface area (Å²) in [7, 11) is 1.63. The second kappa shape index (κ2) is 5.98. The average Bonchev–Trinajstić information content (AvgIpc) is 2.97. The molecule has 1 atom stereocenters. The molecule has 2 heterocycles. The van der Waals surface area contributed by atoms with Gasteiger partial charge in [-0.15, -0.1) is 11.3 Å². The molecule has 0 aliphatic carbocycles. The SMILES string of the molecule is CCc1nc(NC(=O)C2(COC)CCNC2)sc1C. The van der Waals surface area contributed by atoms with Gasteiger partial charge in [0.25, 0.3) is 0 Å². The van der Waals surface area contributed by atoms with Crippen LogP contribution in [0.5, 0.6) is 0 Å². The molecule has 6 heteroatoms. The molecule has 1 fully saturated rings. The number of ether oxygens (including phenoxy) is 1. The normalized spacial score (nSPS) is 22.7. The van der Waals surface area contributed by atoms with Crippen LogP contribution in [0, 0.1) is 12.3 Å². The molecule has 1 saturated heterocycles. The van der Waals surface area contributed by atoms with Crippen molar-refractivity contribution in [3.8, 4) is 0 Å². The summed E-state index contributed by atoms with van der Waals surface area (Å²) >= 11 is 1.54. The molecule has 19 heavy (non-hydrogen) atoms. The largest absolute Gasteiger partial charge is 0.384 e. The minimum atomic E-state index is -0.458. The second-order valence-corrected chi connectivity index (χ2v) is 6.17. The summed E-state index contributed by atoms with van der Waals surface area (Å²) in [6.07, 6.45) is 1.70. The Balaban J connectivity index is 2.10. The Morgan fingerprint density at radius 2 is 2.42 bits per heavy atom. The van der Waals surface area contributed by atoms with Crippen molar-refractivity contribution in [1.29, 1.82) is 0 Å². The van der Waals surface area contributed by atoms with Crippen molar-refractivity contribution < 1.29 is 9.53 Å². The van der Waals surface area contributed by atoms with E-state index in [0.717, 1.165) is 25.1 Å². The maximum absolute atomic E-state index is 12.5. The Hall–Kier alpha value is -0.980. The van der Waals surface area contributed by atoms with Crippen LogP contribution in [0.15, 0.2) is 0 Å². The summed E-state index contributed by atoms with van der Waals surface area (Å²) in [4.78, 5) is 18.1. The van der Waals surface area contributed by atoms with Gasteiger partial charge >= 0.3 is 0 Å². The molecular weight excluding hydrogens is 262 g/mol. The maximum atomic E-state index is 12.5. The molecule has 1 amide bonds. The molecule has 0 aromatic carbocycles. The zero-order valence-corrected chi connectivity index (χ0v) is 12.5. The number of rotatable bonds is 5. The van der Waals surface area contributed by atoms with Gasteiger partial charge in [0.2, 0.25) is 5.91 Å². The van der Waals surface area contributed by atoms with E-state index in [-0.39, 0.29) is 5.91 Å². The van der Waals surface area contributed by atoms with Gasteiger partial charge in [-0.2, -0.15) is 0 Å². The number of hydrogen-bond acceptors (Lipinski definition) is 5. The van der Waals surface area contributed by atoms with Crippen molar-refractivity contribution in [2.75, 3.05) is 32.1 Å². The molecule has 1 aliphatic heterocycles. The third-order valence-electron chi connectivity index (χ3n) is 3.59. The fraction of sp³-hybridized carbons (Fsp3) is 0.692. The summed E-state index contributed by atoms with van der Waals surface area (Å²) in [5.74, 6) is 0.00996. The molecule has 1 aromatic rings. The number of nitrogens with zero attached hydrogens (tertiary/aromatic N) is 1. The Kier molecular flexibility index (Phi) is 4.54. The average molecular weight is 283 g/mol. The Labute approximate surface area is 117 Å². The van der Waals surface area contributed by atoms with E-state index in [2.05, 4.69) is 22.5 Å². The van der Waals surface area contributed by atoms with Crippen LogP contribution >= 0.6 is 11.3 Å². The molecule has 106 valence electrons. The lowest BCUT2D eigenvalue weighted by molar-refractivity contribution is -0.127. The minimum Gasteiger partial charge on any atom is -0.384 e. The first kappa shape index (κ1) is 14.4. The van der Waals surface area contributed by atoms with E-state index < -0.39 is 5.41 Å². The highest BCUT2D eigenvalue weighted by Gasteiger charge is 2.41. The molecule has 5 nitrogen and oxygen atoms in total. The summed E-state index contributed by atoms with van der Waals surface area (Å²) < 4.78 is 5.22. The molecule has 0 radical (unpaired) electrons. The van der Waals surface area contributed by atoms with E-state index in [4.69, 9.17) is 4.74 Å². The van der Waals surface area contributed by atoms with Crippen LogP contribution in [0.2, 0.25) is 0 Å². The molecule has 2 rings (SSSR count). The van der Waals surface area contributed by atoms with Crippen molar-refractivity contribution in [2.45, 2.75) is 26.7 Å². The number of amides is 1. The predicted octanol–water partition coefficient (Wildman–Crippen LogP) is 1.58. The standard InChI is InChI=1S/C13H21N3O2S/c1-4-10-9(2)19-12(15-10)16-11(17)13(8-18-3)5-6-14-7-13/h14H,4-8H2,1-3H3,(H,15,16,17). The van der Waals surface area contributed by atoms with E-state index in [9.17, 15) is 4.79 Å². The van der Waals surface area contributed by atoms with Crippen LogP contribution < -0.4 is 10.6 Å². The lowest BCUT2D eigenvalue weighted by Gasteiger charge is -2.25. The molecule has 0 saturated carbocycles. The Morgan fingerprint density at radius 3 is 2.95 bits per heavy atom. The number of aryl methyl sites for hydroxylation is 2. The topological polar surface area (TPSA) is 63.2 Å². The number of thiazole rings is 1. The van der Waals surface area contributed by atoms with Crippen molar-refractivity contribution in [1.82, 2.24) is 10.3 Å². The van der Waals surface area contributed by atoms with Gasteiger partial charge in [-0.1, -0.05) is 6.92 Å². The number of carbonyl (C=O) groups is 1. The number of methoxy groups -OCH3 is 1. The Bertz CT molecular complexity index is 453. The van der Waals surface area contributed by atoms with Crippen LogP contribution in [-0.2, 0) is 16.0 Å². The van der Waals surface area contributed by atoms with E-state index >= 15 is 0 Å². The van der Waals surface area contributed by atoms with Crippen LogP contribution in [0.25, 0.3) is 0 Å². The molecular formula is C13H21N3O2S. The van der Waals surface area contributed by atoms with Gasteiger partial charge < -0.3 is 15.4 Å². The molecule has 1 aromatic heterocycles. The number of aromatic nitrogens is 1. The van der Waals surface area contributed by atoms with Crippen molar-refractivity contribution in [3.05, 3.63) is 10.6 Å². The van der Waals surface area contributed by atoms with Crippen molar-refractivity contribution in [2.24, 2.45) is 5.41 Å². The monoisotopic (exact) mass is 283 g/mol. The summed E-state index contributed by atoms with van der Waals surface area (Å²) in [5, 5.41) is 6.88. The predicted molar refractivity (Wildman–Crippen MR) is 76.7 cm³/mol. The van der Waals surface area contributed by atoms with E-state index in [1.54, 1.807) is 7.11 Å². The van der Waals surface area contributed by atoms with Gasteiger partial charge in [0.1, 0.15) is 0 Å². The van der Waals surface area contributed by atoms with Crippen LogP contribution in [0.1, 0.15) is 23.9 Å². The van der Waals surface area contributed by atoms with Crippen LogP contribution in [0.4, 0.5) is 5.13 Å². The number of anilines is 1. The van der Waals surface area contributed by atoms with Gasteiger partial charge in [0, 0.05) is 18.5 Å². The van der Waals surface area contributed by atoms with Gasteiger partial charge in [0.05, 0.1) is 17.7 Å². The van der Waals surface area contributed by atoms with Crippen molar-refractivity contribution >= 4 is 22.4 Å². The summed E-state index contributed by atoms with van der Waals surface area (Å²) in [5.41, 5.74) is 0.603. The summed E-state index contributed by atoms with van der Waals surface area (Å²) in [6.45, 7) is 6.07. The van der Waals surface area contributed by atoms with E-state index in [1.165, 1.54) is 16.2 Å². The first-order valence-corrected chi connectivity index (χ1v) is 7.40. The minimum absolute atomic E-state index is 0.00996. The molecule has 1 aliphatic rings. The van der Waals surface area contributed by atoms with Gasteiger partial charge in [-0.05, 0) is 26.3 Å². The van der Waals surface area contributed by atoms with Gasteiger partial charge in [0.15, 0.2) is 5.13 Å². The number of nitrogens with one attached hydrogen (secondary N) is 2. The number of hydrogen-bond donors (Lipinski definition) is 2. The quantitative estimate of drug-likeness (QED) is 0.861. The lowest BCUT2D eigenvalue weighted by Crippen LogP contribution is -2.41. The van der Waals surface area contributed by atoms with Gasteiger partial charge in [-0.25, -0.2) is 4.98 Å². The smallest absolute Gasteiger partial charge is 0.236 e. The van der Waals surface area contributed by atoms with Crippen LogP contribution in [-0.4, -0.2) is 37.7 Å². The third-order valence-corrected chi connectivity index (χ3v) is 4.52. The molecule has 2 N–H and O–H groups in total. The third kappa shape index (κ3) is 2.96. The molecule has 0 spiro atoms. The van der Waals surface area contributed by atoms with Crippen LogP contribution in [0.3, 0.4) is 0 Å². The van der Waals surface area contributed by atoms with Crippen molar-refractivity contribution in [3.63, 3.8) is 0 Å². The first-order chi connectivity index (χ1) is 9.11. The molecule has 1 unspecified atom stereocenters. The maximum Gasteiger partial charge on any atom is 0.236 e. The zero-order valence-electron chi connectivity index (χ0n) is 11.7. The zero-order chi connectivity index (χ0) is 13.9. The highest BCUT2D eigenvalue weighted by Crippen LogP contribution is 2.29. The van der Waals surface area contributed by atoms with E-state index in [0.29, 0.717) is 18.3 Å². The van der Waals surface area contributed by atoms with Gasteiger partial charge in [-0.3, -0.25) is 4.79 Å². The Morgan fingerprint density at radius 1 is 1.63 bits per heavy atom. The highest BCUT2D eigenvalue weighted by atomic mass is 32.1. The lowest BCUT2D eigenvalue weighted by atomic mass is 9.87. The highest BCUT2D eigenvalue weighted by molar-refractivity contribution is 7.15. The van der Waals surface area contributed by atoms with E-state index in [1.807, 2.05) is 6.92 Å².